The van der Waals surface area contributed by atoms with Crippen molar-refractivity contribution in [3.63, 3.8) is 0 Å². The number of rotatable bonds is 6. The monoisotopic (exact) mass is 452 g/mol. The summed E-state index contributed by atoms with van der Waals surface area (Å²) in [5.74, 6) is 0.512. The molecule has 0 aromatic heterocycles. The summed E-state index contributed by atoms with van der Waals surface area (Å²) in [5.41, 5.74) is 1.12. The lowest BCUT2D eigenvalue weighted by Crippen LogP contribution is -2.20. The topological polar surface area (TPSA) is 71.3 Å². The van der Waals surface area contributed by atoms with Crippen LogP contribution in [0.4, 0.5) is 5.69 Å². The summed E-state index contributed by atoms with van der Waals surface area (Å²) in [7, 11) is 0. The lowest BCUT2D eigenvalue weighted by Gasteiger charge is -2.14. The van der Waals surface area contributed by atoms with Crippen molar-refractivity contribution < 1.29 is 14.3 Å². The van der Waals surface area contributed by atoms with Gasteiger partial charge in [0.25, 0.3) is 5.91 Å². The molecule has 0 saturated heterocycles. The van der Waals surface area contributed by atoms with Crippen molar-refractivity contribution in [2.24, 2.45) is 0 Å². The summed E-state index contributed by atoms with van der Waals surface area (Å²) in [6.07, 6.45) is 0. The minimum atomic E-state index is -0.295. The Labute approximate surface area is 156 Å². The molecule has 24 heavy (non-hydrogen) atoms. The highest BCUT2D eigenvalue weighted by molar-refractivity contribution is 9.10. The first-order valence-corrected chi connectivity index (χ1v) is 8.66. The van der Waals surface area contributed by atoms with Crippen molar-refractivity contribution in [1.82, 2.24) is 0 Å². The summed E-state index contributed by atoms with van der Waals surface area (Å²) >= 11 is 6.68. The Bertz CT molecular complexity index is 771. The highest BCUT2D eigenvalue weighted by Gasteiger charge is 2.14. The average Bonchev–Trinajstić information content (AvgIpc) is 2.56. The van der Waals surface area contributed by atoms with Crippen LogP contribution in [-0.2, 0) is 4.79 Å². The Morgan fingerprint density at radius 2 is 1.92 bits per heavy atom. The van der Waals surface area contributed by atoms with E-state index in [0.29, 0.717) is 33.8 Å². The lowest BCUT2D eigenvalue weighted by atomic mass is 10.2. The van der Waals surface area contributed by atoms with E-state index in [9.17, 15) is 4.79 Å². The van der Waals surface area contributed by atoms with Crippen LogP contribution in [0.25, 0.3) is 0 Å². The average molecular weight is 454 g/mol. The zero-order chi connectivity index (χ0) is 17.5. The van der Waals surface area contributed by atoms with E-state index in [1.807, 2.05) is 25.1 Å². The maximum absolute atomic E-state index is 12.0. The largest absolute Gasteiger partial charge is 0.490 e. The number of amides is 1. The van der Waals surface area contributed by atoms with E-state index in [1.54, 1.807) is 24.3 Å². The van der Waals surface area contributed by atoms with Gasteiger partial charge in [0.05, 0.1) is 22.7 Å². The van der Waals surface area contributed by atoms with Gasteiger partial charge in [-0.15, -0.1) is 0 Å². The highest BCUT2D eigenvalue weighted by Crippen LogP contribution is 2.36. The van der Waals surface area contributed by atoms with Crippen LogP contribution in [0.3, 0.4) is 0 Å². The van der Waals surface area contributed by atoms with Crippen molar-refractivity contribution in [1.29, 1.82) is 5.26 Å². The molecule has 0 aliphatic heterocycles. The van der Waals surface area contributed by atoms with E-state index in [1.165, 1.54) is 0 Å². The van der Waals surface area contributed by atoms with Gasteiger partial charge in [-0.25, -0.2) is 0 Å². The normalized spacial score (nSPS) is 9.92. The Kier molecular flexibility index (Phi) is 6.64. The molecule has 1 N–H and O–H groups in total. The summed E-state index contributed by atoms with van der Waals surface area (Å²) in [6.45, 7) is 2.07. The molecule has 0 spiro atoms. The minimum Gasteiger partial charge on any atom is -0.490 e. The van der Waals surface area contributed by atoms with E-state index in [4.69, 9.17) is 14.7 Å². The molecular formula is C17H14Br2N2O3. The van der Waals surface area contributed by atoms with Crippen LogP contribution < -0.4 is 14.8 Å². The van der Waals surface area contributed by atoms with E-state index in [0.717, 1.165) is 4.47 Å². The van der Waals surface area contributed by atoms with Gasteiger partial charge in [0.1, 0.15) is 0 Å². The number of benzene rings is 2. The molecule has 0 bridgehead atoms. The van der Waals surface area contributed by atoms with Gasteiger partial charge in [0.2, 0.25) is 0 Å². The predicted molar refractivity (Wildman–Crippen MR) is 98.3 cm³/mol. The molecule has 0 unspecified atom stereocenters. The van der Waals surface area contributed by atoms with E-state index in [-0.39, 0.29) is 12.5 Å². The second-order valence-electron chi connectivity index (χ2n) is 4.67. The Hall–Kier alpha value is -2.04. The fraction of sp³-hybridized carbons (Fsp3) is 0.176. The van der Waals surface area contributed by atoms with Gasteiger partial charge in [0, 0.05) is 16.2 Å². The molecule has 2 rings (SSSR count). The number of carbonyl (C=O) groups excluding carboxylic acids is 1. The quantitative estimate of drug-likeness (QED) is 0.698. The Balaban J connectivity index is 2.06. The van der Waals surface area contributed by atoms with E-state index >= 15 is 0 Å². The number of nitrogens with zero attached hydrogens (tertiary/aromatic N) is 1. The molecule has 0 saturated carbocycles. The van der Waals surface area contributed by atoms with Gasteiger partial charge >= 0.3 is 0 Å². The molecule has 5 nitrogen and oxygen atoms in total. The number of hydrogen-bond donors (Lipinski definition) is 1. The smallest absolute Gasteiger partial charge is 0.262 e. The third-order valence-corrected chi connectivity index (χ3v) is 4.03. The fourth-order valence-corrected chi connectivity index (χ4v) is 2.72. The maximum atomic E-state index is 12.0. The molecule has 2 aromatic carbocycles. The van der Waals surface area contributed by atoms with Crippen LogP contribution in [0.1, 0.15) is 12.5 Å². The van der Waals surface area contributed by atoms with Crippen LogP contribution in [0.15, 0.2) is 45.3 Å². The molecule has 0 radical (unpaired) electrons. The standard InChI is InChI=1S/C17H14Br2N2O3/c1-2-23-15-8-11(9-20)7-14(19)17(15)24-10-16(22)21-13-5-3-12(18)4-6-13/h3-8H,2,10H2,1H3,(H,21,22). The number of hydrogen-bond acceptors (Lipinski definition) is 4. The van der Waals surface area contributed by atoms with Gasteiger partial charge in [-0.2, -0.15) is 5.26 Å². The third kappa shape index (κ3) is 4.98. The molecule has 0 aliphatic carbocycles. The van der Waals surface area contributed by atoms with Crippen molar-refractivity contribution in [3.05, 3.63) is 50.9 Å². The van der Waals surface area contributed by atoms with E-state index < -0.39 is 0 Å². The first-order chi connectivity index (χ1) is 11.5. The molecule has 7 heteroatoms. The van der Waals surface area contributed by atoms with Crippen molar-refractivity contribution >= 4 is 43.5 Å². The highest BCUT2D eigenvalue weighted by atomic mass is 79.9. The van der Waals surface area contributed by atoms with Crippen molar-refractivity contribution in [3.8, 4) is 17.6 Å². The fourth-order valence-electron chi connectivity index (χ4n) is 1.90. The molecule has 124 valence electrons. The number of nitriles is 1. The zero-order valence-corrected chi connectivity index (χ0v) is 16.0. The first-order valence-electron chi connectivity index (χ1n) is 7.08. The second kappa shape index (κ2) is 8.71. The molecule has 2 aromatic rings. The summed E-state index contributed by atoms with van der Waals surface area (Å²) in [5, 5.41) is 11.8. The van der Waals surface area contributed by atoms with Crippen molar-refractivity contribution in [2.75, 3.05) is 18.5 Å². The minimum absolute atomic E-state index is 0.180. The van der Waals surface area contributed by atoms with E-state index in [2.05, 4.69) is 37.2 Å². The van der Waals surface area contributed by atoms with Gasteiger partial charge in [-0.05, 0) is 53.2 Å². The molecule has 0 heterocycles. The lowest BCUT2D eigenvalue weighted by molar-refractivity contribution is -0.118. The molecular weight excluding hydrogens is 440 g/mol. The zero-order valence-electron chi connectivity index (χ0n) is 12.8. The Morgan fingerprint density at radius 1 is 1.21 bits per heavy atom. The van der Waals surface area contributed by atoms with Crippen LogP contribution in [0.5, 0.6) is 11.5 Å². The number of halogens is 2. The van der Waals surface area contributed by atoms with Gasteiger partial charge in [-0.3, -0.25) is 4.79 Å². The van der Waals surface area contributed by atoms with Crippen LogP contribution >= 0.6 is 31.9 Å². The number of carbonyl (C=O) groups is 1. The van der Waals surface area contributed by atoms with Crippen LogP contribution in [0.2, 0.25) is 0 Å². The summed E-state index contributed by atoms with van der Waals surface area (Å²) in [6, 6.07) is 12.5. The number of anilines is 1. The van der Waals surface area contributed by atoms with Gasteiger partial charge in [-0.1, -0.05) is 15.9 Å². The third-order valence-electron chi connectivity index (χ3n) is 2.91. The van der Waals surface area contributed by atoms with Gasteiger partial charge < -0.3 is 14.8 Å². The maximum Gasteiger partial charge on any atom is 0.262 e. The molecule has 0 atom stereocenters. The predicted octanol–water partition coefficient (Wildman–Crippen LogP) is 4.50. The molecule has 1 amide bonds. The van der Waals surface area contributed by atoms with Crippen molar-refractivity contribution in [2.45, 2.75) is 6.92 Å². The summed E-state index contributed by atoms with van der Waals surface area (Å²) in [4.78, 5) is 12.0. The molecule has 0 aliphatic rings. The second-order valence-corrected chi connectivity index (χ2v) is 6.44. The summed E-state index contributed by atoms with van der Waals surface area (Å²) < 4.78 is 12.5. The molecule has 0 fully saturated rings. The first kappa shape index (κ1) is 18.3. The van der Waals surface area contributed by atoms with Crippen LogP contribution in [0, 0.1) is 11.3 Å². The Morgan fingerprint density at radius 3 is 2.54 bits per heavy atom. The van der Waals surface area contributed by atoms with Crippen LogP contribution in [-0.4, -0.2) is 19.1 Å². The number of ether oxygens (including phenoxy) is 2. The number of nitrogens with one attached hydrogen (secondary N) is 1. The van der Waals surface area contributed by atoms with Gasteiger partial charge in [0.15, 0.2) is 18.1 Å². The SMILES string of the molecule is CCOc1cc(C#N)cc(Br)c1OCC(=O)Nc1ccc(Br)cc1.